The van der Waals surface area contributed by atoms with Gasteiger partial charge in [0.15, 0.2) is 0 Å². The number of hydrogen-bond donors (Lipinski definition) is 1. The lowest BCUT2D eigenvalue weighted by atomic mass is 10.2. The Morgan fingerprint density at radius 1 is 1.25 bits per heavy atom. The summed E-state index contributed by atoms with van der Waals surface area (Å²) in [4.78, 5) is 25.2. The molecule has 1 aromatic carbocycles. The summed E-state index contributed by atoms with van der Waals surface area (Å²) in [5.74, 6) is 0.849. The molecule has 3 aromatic rings. The standard InChI is InChI=1S/C21H23N5O2/c1-25(18-8-11-23-17-7-10-22-13-16(17)18)21(27)24-15-9-12-26(14-15)19-5-3-4-6-20(19)28-2/h3-8,10-11,13,15H,9,12,14H2,1-2H3,(H,24,27)/t15-/m1/s1. The molecule has 4 rings (SSSR count). The average Bonchev–Trinajstić information content (AvgIpc) is 3.21. The van der Waals surface area contributed by atoms with Crippen molar-refractivity contribution in [1.82, 2.24) is 15.3 Å². The van der Waals surface area contributed by atoms with E-state index in [4.69, 9.17) is 4.74 Å². The highest BCUT2D eigenvalue weighted by Gasteiger charge is 2.27. The third kappa shape index (κ3) is 3.43. The van der Waals surface area contributed by atoms with E-state index in [0.29, 0.717) is 0 Å². The maximum Gasteiger partial charge on any atom is 0.321 e. The van der Waals surface area contributed by atoms with E-state index in [1.807, 2.05) is 36.4 Å². The summed E-state index contributed by atoms with van der Waals surface area (Å²) >= 11 is 0. The molecule has 1 N–H and O–H groups in total. The summed E-state index contributed by atoms with van der Waals surface area (Å²) in [6.45, 7) is 1.62. The van der Waals surface area contributed by atoms with Crippen molar-refractivity contribution >= 4 is 28.3 Å². The Hall–Kier alpha value is -3.35. The van der Waals surface area contributed by atoms with Crippen molar-refractivity contribution in [2.24, 2.45) is 0 Å². The smallest absolute Gasteiger partial charge is 0.321 e. The van der Waals surface area contributed by atoms with Crippen LogP contribution in [0.5, 0.6) is 5.75 Å². The minimum atomic E-state index is -0.136. The topological polar surface area (TPSA) is 70.6 Å². The molecule has 1 aliphatic heterocycles. The highest BCUT2D eigenvalue weighted by Crippen LogP contribution is 2.30. The molecule has 3 heterocycles. The number of hydrogen-bond acceptors (Lipinski definition) is 5. The Morgan fingerprint density at radius 3 is 2.96 bits per heavy atom. The van der Waals surface area contributed by atoms with Gasteiger partial charge in [0.05, 0.1) is 24.0 Å². The normalized spacial score (nSPS) is 16.2. The SMILES string of the molecule is COc1ccccc1N1CC[C@@H](NC(=O)N(C)c2ccnc3ccncc23)C1. The Bertz CT molecular complexity index is 988. The van der Waals surface area contributed by atoms with Crippen molar-refractivity contribution in [2.75, 3.05) is 37.0 Å². The van der Waals surface area contributed by atoms with E-state index in [9.17, 15) is 4.79 Å². The number of nitrogens with zero attached hydrogens (tertiary/aromatic N) is 4. The fourth-order valence-corrected chi connectivity index (χ4v) is 3.64. The molecule has 2 amide bonds. The molecule has 1 atom stereocenters. The predicted molar refractivity (Wildman–Crippen MR) is 110 cm³/mol. The van der Waals surface area contributed by atoms with Crippen LogP contribution in [0.2, 0.25) is 0 Å². The van der Waals surface area contributed by atoms with Gasteiger partial charge in [-0.2, -0.15) is 0 Å². The quantitative estimate of drug-likeness (QED) is 0.757. The zero-order chi connectivity index (χ0) is 19.5. The van der Waals surface area contributed by atoms with Crippen LogP contribution in [0.3, 0.4) is 0 Å². The van der Waals surface area contributed by atoms with Crippen LogP contribution in [0.25, 0.3) is 10.9 Å². The van der Waals surface area contributed by atoms with Crippen molar-refractivity contribution in [3.8, 4) is 5.75 Å². The zero-order valence-corrected chi connectivity index (χ0v) is 16.0. The number of ether oxygens (including phenoxy) is 1. The fraction of sp³-hybridized carbons (Fsp3) is 0.286. The first-order valence-corrected chi connectivity index (χ1v) is 9.28. The number of carbonyl (C=O) groups is 1. The number of rotatable bonds is 4. The number of amides is 2. The third-order valence-corrected chi connectivity index (χ3v) is 5.13. The minimum absolute atomic E-state index is 0.0751. The van der Waals surface area contributed by atoms with E-state index in [1.165, 1.54) is 0 Å². The summed E-state index contributed by atoms with van der Waals surface area (Å²) in [6.07, 6.45) is 6.03. The van der Waals surface area contributed by atoms with Crippen molar-refractivity contribution < 1.29 is 9.53 Å². The molecule has 0 unspecified atom stereocenters. The van der Waals surface area contributed by atoms with E-state index < -0.39 is 0 Å². The molecular weight excluding hydrogens is 354 g/mol. The molecule has 0 saturated carbocycles. The molecule has 1 aliphatic rings. The van der Waals surface area contributed by atoms with Crippen LogP contribution < -0.4 is 19.9 Å². The fourth-order valence-electron chi connectivity index (χ4n) is 3.64. The van der Waals surface area contributed by atoms with Crippen molar-refractivity contribution in [2.45, 2.75) is 12.5 Å². The molecule has 28 heavy (non-hydrogen) atoms. The summed E-state index contributed by atoms with van der Waals surface area (Å²) in [5, 5.41) is 3.99. The number of aromatic nitrogens is 2. The summed E-state index contributed by atoms with van der Waals surface area (Å²) in [5.41, 5.74) is 2.66. The second kappa shape index (κ2) is 7.72. The van der Waals surface area contributed by atoms with Crippen LogP contribution in [0.1, 0.15) is 6.42 Å². The lowest BCUT2D eigenvalue weighted by Crippen LogP contribution is -2.44. The van der Waals surface area contributed by atoms with Crippen molar-refractivity contribution in [3.05, 3.63) is 55.0 Å². The van der Waals surface area contributed by atoms with Gasteiger partial charge >= 0.3 is 6.03 Å². The van der Waals surface area contributed by atoms with Crippen LogP contribution in [0.4, 0.5) is 16.2 Å². The number of urea groups is 1. The number of para-hydroxylation sites is 2. The van der Waals surface area contributed by atoms with Gasteiger partial charge in [0.1, 0.15) is 5.75 Å². The van der Waals surface area contributed by atoms with Crippen LogP contribution >= 0.6 is 0 Å². The number of pyridine rings is 2. The zero-order valence-electron chi connectivity index (χ0n) is 16.0. The first-order valence-electron chi connectivity index (χ1n) is 9.28. The van der Waals surface area contributed by atoms with Gasteiger partial charge in [0.25, 0.3) is 0 Å². The predicted octanol–water partition coefficient (Wildman–Crippen LogP) is 3.06. The first kappa shape index (κ1) is 18.0. The molecule has 1 fully saturated rings. The van der Waals surface area contributed by atoms with Crippen LogP contribution in [0, 0.1) is 0 Å². The van der Waals surface area contributed by atoms with E-state index >= 15 is 0 Å². The number of anilines is 2. The second-order valence-electron chi connectivity index (χ2n) is 6.83. The van der Waals surface area contributed by atoms with Gasteiger partial charge in [-0.3, -0.25) is 14.9 Å². The lowest BCUT2D eigenvalue weighted by Gasteiger charge is -2.23. The molecule has 1 saturated heterocycles. The van der Waals surface area contributed by atoms with Gasteiger partial charge in [-0.25, -0.2) is 4.79 Å². The molecule has 2 aromatic heterocycles. The Morgan fingerprint density at radius 2 is 2.11 bits per heavy atom. The summed E-state index contributed by atoms with van der Waals surface area (Å²) in [6, 6.07) is 11.6. The van der Waals surface area contributed by atoms with Gasteiger partial charge in [-0.1, -0.05) is 12.1 Å². The summed E-state index contributed by atoms with van der Waals surface area (Å²) < 4.78 is 5.46. The molecule has 7 nitrogen and oxygen atoms in total. The second-order valence-corrected chi connectivity index (χ2v) is 6.83. The molecule has 0 spiro atoms. The largest absolute Gasteiger partial charge is 0.495 e. The van der Waals surface area contributed by atoms with Crippen molar-refractivity contribution in [1.29, 1.82) is 0 Å². The number of carbonyl (C=O) groups excluding carboxylic acids is 1. The third-order valence-electron chi connectivity index (χ3n) is 5.13. The molecule has 144 valence electrons. The molecule has 7 heteroatoms. The Labute approximate surface area is 164 Å². The van der Waals surface area contributed by atoms with Crippen LogP contribution in [-0.2, 0) is 0 Å². The lowest BCUT2D eigenvalue weighted by molar-refractivity contribution is 0.244. The first-order chi connectivity index (χ1) is 13.7. The van der Waals surface area contributed by atoms with Crippen LogP contribution in [0.15, 0.2) is 55.0 Å². The number of methoxy groups -OCH3 is 1. The van der Waals surface area contributed by atoms with Crippen molar-refractivity contribution in [3.63, 3.8) is 0 Å². The molecule has 0 radical (unpaired) electrons. The van der Waals surface area contributed by atoms with Gasteiger partial charge < -0.3 is 15.0 Å². The Kier molecular flexibility index (Phi) is 4.97. The Balaban J connectivity index is 1.45. The van der Waals surface area contributed by atoms with E-state index in [-0.39, 0.29) is 12.1 Å². The number of fused-ring (bicyclic) bond motifs is 1. The number of nitrogens with one attached hydrogen (secondary N) is 1. The maximum atomic E-state index is 12.8. The monoisotopic (exact) mass is 377 g/mol. The van der Waals surface area contributed by atoms with E-state index in [1.54, 1.807) is 37.6 Å². The summed E-state index contributed by atoms with van der Waals surface area (Å²) in [7, 11) is 3.45. The van der Waals surface area contributed by atoms with E-state index in [2.05, 4.69) is 20.2 Å². The number of benzene rings is 1. The van der Waals surface area contributed by atoms with Gasteiger partial charge in [-0.05, 0) is 30.7 Å². The van der Waals surface area contributed by atoms with E-state index in [0.717, 1.165) is 47.5 Å². The molecule has 0 bridgehead atoms. The highest BCUT2D eigenvalue weighted by molar-refractivity contribution is 6.01. The minimum Gasteiger partial charge on any atom is -0.495 e. The highest BCUT2D eigenvalue weighted by atomic mass is 16.5. The van der Waals surface area contributed by atoms with Gasteiger partial charge in [0, 0.05) is 50.2 Å². The molecule has 0 aliphatic carbocycles. The maximum absolute atomic E-state index is 12.8. The van der Waals surface area contributed by atoms with Gasteiger partial charge in [-0.15, -0.1) is 0 Å². The molecular formula is C21H23N5O2. The van der Waals surface area contributed by atoms with Gasteiger partial charge in [0.2, 0.25) is 0 Å². The average molecular weight is 377 g/mol. The van der Waals surface area contributed by atoms with Crippen LogP contribution in [-0.4, -0.2) is 49.3 Å².